The van der Waals surface area contributed by atoms with E-state index in [1.165, 1.54) is 0 Å². The number of anilines is 2. The third-order valence-electron chi connectivity index (χ3n) is 6.05. The highest BCUT2D eigenvalue weighted by Crippen LogP contribution is 2.41. The van der Waals surface area contributed by atoms with E-state index in [1.54, 1.807) is 39.7 Å². The normalized spacial score (nSPS) is 14.1. The fourth-order valence-corrected chi connectivity index (χ4v) is 4.31. The number of morpholine rings is 1. The zero-order chi connectivity index (χ0) is 24.4. The number of rotatable bonds is 7. The molecule has 1 aliphatic rings. The summed E-state index contributed by atoms with van der Waals surface area (Å²) >= 11 is 0. The fourth-order valence-electron chi connectivity index (χ4n) is 4.31. The van der Waals surface area contributed by atoms with Crippen molar-refractivity contribution in [3.8, 4) is 23.3 Å². The van der Waals surface area contributed by atoms with Crippen molar-refractivity contribution in [3.63, 3.8) is 0 Å². The Morgan fingerprint density at radius 2 is 1.80 bits per heavy atom. The number of aromatic nitrogens is 3. The SMILES string of the molecule is COc1cc(Nc2c(C#N)cnc3cc4[nH]c(CN5CCOCC5)nc4cc23)cc(OC)c1OC. The molecule has 1 saturated heterocycles. The molecule has 2 N–H and O–H groups in total. The highest BCUT2D eigenvalue weighted by molar-refractivity contribution is 6.02. The topological polar surface area (TPSA) is 118 Å². The Hall–Kier alpha value is -4.07. The van der Waals surface area contributed by atoms with Gasteiger partial charge in [-0.05, 0) is 12.1 Å². The number of nitrogens with one attached hydrogen (secondary N) is 2. The van der Waals surface area contributed by atoms with Gasteiger partial charge in [0.1, 0.15) is 11.9 Å². The highest BCUT2D eigenvalue weighted by Gasteiger charge is 2.18. The van der Waals surface area contributed by atoms with Gasteiger partial charge in [0.15, 0.2) is 11.5 Å². The van der Waals surface area contributed by atoms with Crippen LogP contribution in [0, 0.1) is 11.3 Å². The van der Waals surface area contributed by atoms with E-state index in [1.807, 2.05) is 12.1 Å². The molecule has 0 bridgehead atoms. The minimum atomic E-state index is 0.412. The molecule has 1 aliphatic heterocycles. The van der Waals surface area contributed by atoms with E-state index in [-0.39, 0.29) is 0 Å². The smallest absolute Gasteiger partial charge is 0.203 e. The zero-order valence-electron chi connectivity index (χ0n) is 19.8. The van der Waals surface area contributed by atoms with Gasteiger partial charge in [-0.3, -0.25) is 9.88 Å². The Morgan fingerprint density at radius 1 is 1.06 bits per heavy atom. The van der Waals surface area contributed by atoms with Gasteiger partial charge in [0.05, 0.1) is 68.9 Å². The number of hydrogen-bond donors (Lipinski definition) is 2. The van der Waals surface area contributed by atoms with Gasteiger partial charge in [0, 0.05) is 42.5 Å². The van der Waals surface area contributed by atoms with Crippen molar-refractivity contribution in [3.05, 3.63) is 41.9 Å². The van der Waals surface area contributed by atoms with Crippen LogP contribution in [0.5, 0.6) is 17.2 Å². The molecule has 2 aromatic carbocycles. The molecule has 10 heteroatoms. The molecule has 3 heterocycles. The molecule has 0 atom stereocenters. The van der Waals surface area contributed by atoms with Crippen LogP contribution in [0.4, 0.5) is 11.4 Å². The number of hydrogen-bond acceptors (Lipinski definition) is 9. The quantitative estimate of drug-likeness (QED) is 0.414. The number of pyridine rings is 1. The Balaban J connectivity index is 1.56. The number of methoxy groups -OCH3 is 3. The lowest BCUT2D eigenvalue weighted by Crippen LogP contribution is -2.35. The van der Waals surface area contributed by atoms with Crippen molar-refractivity contribution in [2.45, 2.75) is 6.54 Å². The summed E-state index contributed by atoms with van der Waals surface area (Å²) in [7, 11) is 4.68. The second-order valence-corrected chi connectivity index (χ2v) is 8.16. The van der Waals surface area contributed by atoms with Gasteiger partial charge in [-0.1, -0.05) is 0 Å². The lowest BCUT2D eigenvalue weighted by Gasteiger charge is -2.25. The number of fused-ring (bicyclic) bond motifs is 2. The summed E-state index contributed by atoms with van der Waals surface area (Å²) in [5, 5.41) is 14.0. The van der Waals surface area contributed by atoms with E-state index in [0.717, 1.165) is 60.6 Å². The van der Waals surface area contributed by atoms with Gasteiger partial charge in [-0.2, -0.15) is 5.26 Å². The monoisotopic (exact) mass is 474 g/mol. The molecule has 0 amide bonds. The zero-order valence-corrected chi connectivity index (χ0v) is 19.8. The standard InChI is InChI=1S/C25H26N6O4/c1-32-21-8-16(9-22(33-2)25(21)34-3)28-24-15(12-26)13-27-18-11-20-19(10-17(18)24)29-23(30-20)14-31-4-6-35-7-5-31/h8-11,13H,4-7,14H2,1-3H3,(H,27,28)(H,29,30). The van der Waals surface area contributed by atoms with E-state index in [0.29, 0.717) is 34.2 Å². The van der Waals surface area contributed by atoms with E-state index in [2.05, 4.69) is 26.3 Å². The summed E-state index contributed by atoms with van der Waals surface area (Å²) in [6.45, 7) is 3.97. The van der Waals surface area contributed by atoms with Gasteiger partial charge in [-0.25, -0.2) is 4.98 Å². The number of aromatic amines is 1. The minimum absolute atomic E-state index is 0.412. The first-order valence-corrected chi connectivity index (χ1v) is 11.2. The summed E-state index contributed by atoms with van der Waals surface area (Å²) in [6.07, 6.45) is 1.57. The van der Waals surface area contributed by atoms with Crippen LogP contribution in [0.1, 0.15) is 11.4 Å². The van der Waals surface area contributed by atoms with Crippen molar-refractivity contribution >= 4 is 33.3 Å². The van der Waals surface area contributed by atoms with Gasteiger partial charge in [0.2, 0.25) is 5.75 Å². The van der Waals surface area contributed by atoms with Gasteiger partial charge in [-0.15, -0.1) is 0 Å². The Morgan fingerprint density at radius 3 is 2.46 bits per heavy atom. The first kappa shape index (κ1) is 22.7. The van der Waals surface area contributed by atoms with E-state index in [9.17, 15) is 5.26 Å². The Labute approximate surface area is 202 Å². The van der Waals surface area contributed by atoms with Crippen LogP contribution >= 0.6 is 0 Å². The molecule has 35 heavy (non-hydrogen) atoms. The lowest BCUT2D eigenvalue weighted by molar-refractivity contribution is 0.0332. The Bertz CT molecular complexity index is 1400. The average Bonchev–Trinajstić information content (AvgIpc) is 3.28. The van der Waals surface area contributed by atoms with E-state index < -0.39 is 0 Å². The van der Waals surface area contributed by atoms with Crippen LogP contribution in [0.2, 0.25) is 0 Å². The van der Waals surface area contributed by atoms with Gasteiger partial charge >= 0.3 is 0 Å². The predicted octanol–water partition coefficient (Wildman–Crippen LogP) is 3.58. The second-order valence-electron chi connectivity index (χ2n) is 8.16. The number of benzene rings is 2. The molecule has 0 aliphatic carbocycles. The molecule has 0 unspecified atom stereocenters. The molecular formula is C25H26N6O4. The predicted molar refractivity (Wildman–Crippen MR) is 132 cm³/mol. The maximum absolute atomic E-state index is 9.80. The molecule has 1 fully saturated rings. The maximum Gasteiger partial charge on any atom is 0.203 e. The highest BCUT2D eigenvalue weighted by atomic mass is 16.5. The minimum Gasteiger partial charge on any atom is -0.493 e. The molecule has 0 spiro atoms. The number of nitrogens with zero attached hydrogens (tertiary/aromatic N) is 4. The molecule has 10 nitrogen and oxygen atoms in total. The maximum atomic E-state index is 9.80. The van der Waals surface area contributed by atoms with Gasteiger partial charge in [0.25, 0.3) is 0 Å². The van der Waals surface area contributed by atoms with Crippen LogP contribution in [-0.4, -0.2) is 67.5 Å². The van der Waals surface area contributed by atoms with Crippen molar-refractivity contribution < 1.29 is 18.9 Å². The van der Waals surface area contributed by atoms with Crippen LogP contribution in [-0.2, 0) is 11.3 Å². The average molecular weight is 475 g/mol. The first-order valence-electron chi connectivity index (χ1n) is 11.2. The summed E-state index contributed by atoms with van der Waals surface area (Å²) < 4.78 is 21.8. The number of ether oxygens (including phenoxy) is 4. The van der Waals surface area contributed by atoms with Crippen molar-refractivity contribution in [1.29, 1.82) is 5.26 Å². The molecule has 5 rings (SSSR count). The van der Waals surface area contributed by atoms with Crippen LogP contribution in [0.3, 0.4) is 0 Å². The molecule has 0 saturated carbocycles. The molecule has 0 radical (unpaired) electrons. The third kappa shape index (κ3) is 4.39. The summed E-state index contributed by atoms with van der Waals surface area (Å²) in [5.74, 6) is 2.39. The fraction of sp³-hybridized carbons (Fsp3) is 0.320. The first-order chi connectivity index (χ1) is 17.1. The van der Waals surface area contributed by atoms with Crippen molar-refractivity contribution in [2.75, 3.05) is 52.9 Å². The Kier molecular flexibility index (Phi) is 6.27. The van der Waals surface area contributed by atoms with Crippen LogP contribution in [0.15, 0.2) is 30.5 Å². The molecule has 180 valence electrons. The second kappa shape index (κ2) is 9.66. The largest absolute Gasteiger partial charge is 0.493 e. The van der Waals surface area contributed by atoms with Gasteiger partial charge < -0.3 is 29.2 Å². The summed E-state index contributed by atoms with van der Waals surface area (Å²) in [4.78, 5) is 15.0. The van der Waals surface area contributed by atoms with Crippen molar-refractivity contribution in [2.24, 2.45) is 0 Å². The summed E-state index contributed by atoms with van der Waals surface area (Å²) in [6, 6.07) is 9.74. The number of imidazole rings is 1. The lowest BCUT2D eigenvalue weighted by atomic mass is 10.1. The number of nitriles is 1. The van der Waals surface area contributed by atoms with Crippen LogP contribution < -0.4 is 19.5 Å². The third-order valence-corrected chi connectivity index (χ3v) is 6.05. The molecule has 2 aromatic heterocycles. The summed E-state index contributed by atoms with van der Waals surface area (Å²) in [5.41, 5.74) is 4.18. The van der Waals surface area contributed by atoms with E-state index >= 15 is 0 Å². The van der Waals surface area contributed by atoms with E-state index in [4.69, 9.17) is 23.9 Å². The van der Waals surface area contributed by atoms with Crippen molar-refractivity contribution in [1.82, 2.24) is 19.9 Å². The molecular weight excluding hydrogens is 448 g/mol. The van der Waals surface area contributed by atoms with Crippen LogP contribution in [0.25, 0.3) is 21.9 Å². The number of H-pyrrole nitrogens is 1. The molecule has 4 aromatic rings.